The molecule has 1 aliphatic heterocycles. The lowest BCUT2D eigenvalue weighted by Gasteiger charge is -2.34. The first-order valence-electron chi connectivity index (χ1n) is 11.4. The van der Waals surface area contributed by atoms with Crippen LogP contribution >= 0.6 is 0 Å². The smallest absolute Gasteiger partial charge is 0.338 e. The fourth-order valence-corrected chi connectivity index (χ4v) is 4.40. The monoisotopic (exact) mass is 528 g/mol. The largest absolute Gasteiger partial charge is 0.508 e. The first-order chi connectivity index (χ1) is 18.2. The van der Waals surface area contributed by atoms with Crippen molar-refractivity contribution in [2.45, 2.75) is 18.6 Å². The van der Waals surface area contributed by atoms with Gasteiger partial charge in [-0.25, -0.2) is 4.79 Å². The Morgan fingerprint density at radius 3 is 1.87 bits per heavy atom. The second-order valence-corrected chi connectivity index (χ2v) is 8.32. The highest BCUT2D eigenvalue weighted by molar-refractivity contribution is 5.91. The molecule has 0 fully saturated rings. The minimum absolute atomic E-state index is 0.0659. The Labute approximate surface area is 218 Å². The third kappa shape index (κ3) is 4.82. The number of carbonyl (C=O) groups is 1. The van der Waals surface area contributed by atoms with E-state index >= 15 is 0 Å². The maximum absolute atomic E-state index is 13.2. The summed E-state index contributed by atoms with van der Waals surface area (Å²) in [6, 6.07) is 8.48. The molecule has 4 rings (SSSR count). The van der Waals surface area contributed by atoms with E-state index in [1.165, 1.54) is 47.7 Å². The highest BCUT2D eigenvalue weighted by Gasteiger charge is 2.38. The summed E-state index contributed by atoms with van der Waals surface area (Å²) >= 11 is 0. The SMILES string of the molecule is COc1cc(O)cc2c1C[C@@H](OC(=O)c1cc(O)c(OC)c(O)c1)[C@@H](c1cc(OC)c(OC)c(OC)c1)O2. The molecule has 1 aliphatic rings. The minimum atomic E-state index is -0.914. The molecule has 3 aromatic rings. The van der Waals surface area contributed by atoms with Gasteiger partial charge >= 0.3 is 5.97 Å². The van der Waals surface area contributed by atoms with E-state index in [1.807, 2.05) is 0 Å². The molecule has 0 aromatic heterocycles. The van der Waals surface area contributed by atoms with Gasteiger partial charge in [0.05, 0.1) is 41.1 Å². The van der Waals surface area contributed by atoms with E-state index in [9.17, 15) is 20.1 Å². The van der Waals surface area contributed by atoms with Crippen LogP contribution in [0.15, 0.2) is 36.4 Å². The molecule has 2 atom stereocenters. The highest BCUT2D eigenvalue weighted by atomic mass is 16.6. The van der Waals surface area contributed by atoms with Crippen LogP contribution in [0.2, 0.25) is 0 Å². The van der Waals surface area contributed by atoms with Gasteiger partial charge < -0.3 is 48.5 Å². The fourth-order valence-electron chi connectivity index (χ4n) is 4.40. The van der Waals surface area contributed by atoms with Crippen molar-refractivity contribution in [1.29, 1.82) is 0 Å². The Kier molecular flexibility index (Phi) is 7.47. The molecule has 0 spiro atoms. The summed E-state index contributed by atoms with van der Waals surface area (Å²) in [5, 5.41) is 30.5. The van der Waals surface area contributed by atoms with Gasteiger partial charge in [-0.15, -0.1) is 0 Å². The van der Waals surface area contributed by atoms with E-state index < -0.39 is 29.7 Å². The molecule has 3 N–H and O–H groups in total. The van der Waals surface area contributed by atoms with Crippen molar-refractivity contribution in [3.63, 3.8) is 0 Å². The highest BCUT2D eigenvalue weighted by Crippen LogP contribution is 2.47. The van der Waals surface area contributed by atoms with Gasteiger partial charge in [0.25, 0.3) is 0 Å². The summed E-state index contributed by atoms with van der Waals surface area (Å²) in [6.07, 6.45) is -1.64. The van der Waals surface area contributed by atoms with E-state index in [2.05, 4.69) is 0 Å². The number of phenolic OH excluding ortho intramolecular Hbond substituents is 3. The number of ether oxygens (including phenoxy) is 7. The lowest BCUT2D eigenvalue weighted by molar-refractivity contribution is -0.0189. The molecule has 0 amide bonds. The van der Waals surface area contributed by atoms with Gasteiger partial charge in [0.1, 0.15) is 23.4 Å². The van der Waals surface area contributed by atoms with Crippen LogP contribution < -0.4 is 28.4 Å². The maximum atomic E-state index is 13.2. The molecule has 1 heterocycles. The number of fused-ring (bicyclic) bond motifs is 1. The van der Waals surface area contributed by atoms with Crippen LogP contribution in [0.4, 0.5) is 0 Å². The number of benzene rings is 3. The second-order valence-electron chi connectivity index (χ2n) is 8.32. The van der Waals surface area contributed by atoms with E-state index in [0.29, 0.717) is 39.9 Å². The molecule has 0 saturated carbocycles. The van der Waals surface area contributed by atoms with Crippen molar-refractivity contribution in [3.8, 4) is 51.7 Å². The molecular weight excluding hydrogens is 500 g/mol. The zero-order valence-electron chi connectivity index (χ0n) is 21.4. The average molecular weight is 529 g/mol. The Morgan fingerprint density at radius 2 is 1.34 bits per heavy atom. The van der Waals surface area contributed by atoms with Crippen LogP contribution in [0, 0.1) is 0 Å². The molecule has 0 saturated heterocycles. The summed E-state index contributed by atoms with van der Waals surface area (Å²) in [4.78, 5) is 13.2. The number of hydrogen-bond acceptors (Lipinski definition) is 11. The fraction of sp³-hybridized carbons (Fsp3) is 0.296. The van der Waals surface area contributed by atoms with Crippen LogP contribution in [0.3, 0.4) is 0 Å². The predicted molar refractivity (Wildman–Crippen MR) is 133 cm³/mol. The van der Waals surface area contributed by atoms with Gasteiger partial charge in [-0.2, -0.15) is 0 Å². The third-order valence-electron chi connectivity index (χ3n) is 6.13. The zero-order chi connectivity index (χ0) is 27.6. The van der Waals surface area contributed by atoms with Crippen molar-refractivity contribution < 1.29 is 53.3 Å². The summed E-state index contributed by atoms with van der Waals surface area (Å²) < 4.78 is 38.8. The minimum Gasteiger partial charge on any atom is -0.508 e. The Balaban J connectivity index is 1.79. The first-order valence-corrected chi connectivity index (χ1v) is 11.4. The van der Waals surface area contributed by atoms with Gasteiger partial charge in [-0.3, -0.25) is 0 Å². The van der Waals surface area contributed by atoms with Crippen molar-refractivity contribution in [2.24, 2.45) is 0 Å². The van der Waals surface area contributed by atoms with Crippen molar-refractivity contribution >= 4 is 5.97 Å². The van der Waals surface area contributed by atoms with Crippen molar-refractivity contribution in [1.82, 2.24) is 0 Å². The lowest BCUT2D eigenvalue weighted by atomic mass is 9.93. The van der Waals surface area contributed by atoms with Crippen LogP contribution in [0.5, 0.6) is 51.7 Å². The van der Waals surface area contributed by atoms with Gasteiger partial charge in [0.15, 0.2) is 29.1 Å². The Bertz CT molecular complexity index is 1300. The number of aromatic hydroxyl groups is 3. The molecule has 0 aliphatic carbocycles. The molecule has 3 aromatic carbocycles. The summed E-state index contributed by atoms with van der Waals surface area (Å²) in [7, 11) is 7.15. The number of hydrogen-bond donors (Lipinski definition) is 3. The molecule has 11 nitrogen and oxygen atoms in total. The number of phenols is 3. The Morgan fingerprint density at radius 1 is 0.763 bits per heavy atom. The molecular formula is C27H28O11. The lowest BCUT2D eigenvalue weighted by Crippen LogP contribution is -2.35. The van der Waals surface area contributed by atoms with E-state index in [1.54, 1.807) is 12.1 Å². The van der Waals surface area contributed by atoms with Crippen LogP contribution in [-0.2, 0) is 11.2 Å². The van der Waals surface area contributed by atoms with E-state index in [4.69, 9.17) is 33.2 Å². The second kappa shape index (κ2) is 10.8. The number of methoxy groups -OCH3 is 5. The quantitative estimate of drug-likeness (QED) is 0.368. The molecule has 38 heavy (non-hydrogen) atoms. The van der Waals surface area contributed by atoms with Crippen molar-refractivity contribution in [3.05, 3.63) is 53.1 Å². The van der Waals surface area contributed by atoms with Crippen LogP contribution in [-0.4, -0.2) is 62.9 Å². The van der Waals surface area contributed by atoms with Gasteiger partial charge in [0.2, 0.25) is 11.5 Å². The molecule has 202 valence electrons. The number of carbonyl (C=O) groups excluding carboxylic acids is 1. The third-order valence-corrected chi connectivity index (χ3v) is 6.13. The average Bonchev–Trinajstić information content (AvgIpc) is 2.91. The van der Waals surface area contributed by atoms with Gasteiger partial charge in [0, 0.05) is 29.7 Å². The standard InChI is InChI=1S/C27H28O11/c1-32-19-10-15(28)11-20-16(19)12-23(38-27(31)14-6-17(29)25(35-4)18(30)7-14)24(37-20)13-8-21(33-2)26(36-5)22(9-13)34-3/h6-11,23-24,28-30H,12H2,1-5H3/t23-,24-/m1/s1. The summed E-state index contributed by atoms with van der Waals surface area (Å²) in [6.45, 7) is 0. The number of rotatable bonds is 8. The first kappa shape index (κ1) is 26.4. The van der Waals surface area contributed by atoms with Crippen LogP contribution in [0.1, 0.15) is 27.6 Å². The predicted octanol–water partition coefficient (Wildman–Crippen LogP) is 3.75. The number of esters is 1. The molecule has 11 heteroatoms. The molecule has 0 bridgehead atoms. The topological polar surface area (TPSA) is 142 Å². The molecule has 0 radical (unpaired) electrons. The maximum Gasteiger partial charge on any atom is 0.338 e. The zero-order valence-corrected chi connectivity index (χ0v) is 21.4. The summed E-state index contributed by atoms with van der Waals surface area (Å²) in [5.41, 5.74) is 1.01. The van der Waals surface area contributed by atoms with Crippen molar-refractivity contribution in [2.75, 3.05) is 35.5 Å². The van der Waals surface area contributed by atoms with E-state index in [0.717, 1.165) is 12.1 Å². The van der Waals surface area contributed by atoms with Crippen LogP contribution in [0.25, 0.3) is 0 Å². The van der Waals surface area contributed by atoms with Gasteiger partial charge in [-0.05, 0) is 24.3 Å². The molecule has 0 unspecified atom stereocenters. The summed E-state index contributed by atoms with van der Waals surface area (Å²) in [5.74, 6) is -0.139. The van der Waals surface area contributed by atoms with Gasteiger partial charge in [-0.1, -0.05) is 0 Å². The Hall–Kier alpha value is -4.67. The normalized spacial score (nSPS) is 16.0. The van der Waals surface area contributed by atoms with E-state index in [-0.39, 0.29) is 23.5 Å².